The molecule has 0 unspecified atom stereocenters. The van der Waals surface area contributed by atoms with Crippen molar-refractivity contribution in [3.63, 3.8) is 0 Å². The van der Waals surface area contributed by atoms with Crippen LogP contribution in [0.1, 0.15) is 67.7 Å². The Balaban J connectivity index is 2.13. The first-order valence-electron chi connectivity index (χ1n) is 11.3. The Bertz CT molecular complexity index is 975. The number of carbonyl (C=O) groups excluding carboxylic acids is 3. The average Bonchev–Trinajstić information content (AvgIpc) is 2.98. The normalized spacial score (nSPS) is 38.9. The van der Waals surface area contributed by atoms with Gasteiger partial charge < -0.3 is 24.4 Å². The van der Waals surface area contributed by atoms with Gasteiger partial charge in [-0.15, -0.1) is 0 Å². The summed E-state index contributed by atoms with van der Waals surface area (Å²) in [6, 6.07) is 0. The van der Waals surface area contributed by atoms with Gasteiger partial charge in [0.25, 0.3) is 0 Å². The summed E-state index contributed by atoms with van der Waals surface area (Å²) in [5.41, 5.74) is -1.64. The lowest BCUT2D eigenvalue weighted by Gasteiger charge is -2.61. The third-order valence-corrected chi connectivity index (χ3v) is 8.07. The third-order valence-electron chi connectivity index (χ3n) is 8.07. The van der Waals surface area contributed by atoms with E-state index in [9.17, 15) is 24.6 Å². The van der Waals surface area contributed by atoms with Gasteiger partial charge in [0.2, 0.25) is 5.79 Å². The lowest BCUT2D eigenvalue weighted by Crippen LogP contribution is -2.70. The minimum atomic E-state index is -2.07. The molecule has 8 heteroatoms. The van der Waals surface area contributed by atoms with Crippen LogP contribution < -0.4 is 0 Å². The Morgan fingerprint density at radius 2 is 1.64 bits per heavy atom. The van der Waals surface area contributed by atoms with E-state index in [4.69, 9.17) is 14.2 Å². The van der Waals surface area contributed by atoms with Crippen molar-refractivity contribution in [1.82, 2.24) is 0 Å². The van der Waals surface area contributed by atoms with Crippen LogP contribution in [0.15, 0.2) is 34.4 Å². The van der Waals surface area contributed by atoms with Crippen LogP contribution in [0, 0.1) is 11.3 Å². The SMILES string of the molecule is C/C=C(/C)C(=O)O[C@H]1CC[C@]2(O)C[C@]3(O)OC(=O)C(C)=C3[C@@H](OC(=O)/C(C)=C\C)[C@]2(C)[C@H]1C. The van der Waals surface area contributed by atoms with Crippen LogP contribution in [0.3, 0.4) is 0 Å². The molecule has 0 spiro atoms. The monoisotopic (exact) mass is 462 g/mol. The van der Waals surface area contributed by atoms with Crippen LogP contribution in [-0.2, 0) is 28.6 Å². The second-order valence-corrected chi connectivity index (χ2v) is 9.70. The summed E-state index contributed by atoms with van der Waals surface area (Å²) in [7, 11) is 0. The highest BCUT2D eigenvalue weighted by Crippen LogP contribution is 2.62. The molecule has 8 nitrogen and oxygen atoms in total. The maximum absolute atomic E-state index is 12.8. The second kappa shape index (κ2) is 8.40. The van der Waals surface area contributed by atoms with Crippen molar-refractivity contribution in [3.05, 3.63) is 34.4 Å². The van der Waals surface area contributed by atoms with Crippen molar-refractivity contribution < 1.29 is 38.8 Å². The van der Waals surface area contributed by atoms with Gasteiger partial charge in [0.05, 0.1) is 11.2 Å². The third kappa shape index (κ3) is 3.73. The minimum Gasteiger partial charge on any atom is -0.459 e. The van der Waals surface area contributed by atoms with Gasteiger partial charge in [-0.3, -0.25) is 0 Å². The van der Waals surface area contributed by atoms with Crippen molar-refractivity contribution in [3.8, 4) is 0 Å². The number of aliphatic hydroxyl groups is 2. The zero-order chi connectivity index (χ0) is 24.9. The molecule has 0 radical (unpaired) electrons. The molecule has 6 atom stereocenters. The molecule has 2 saturated carbocycles. The van der Waals surface area contributed by atoms with Gasteiger partial charge >= 0.3 is 17.9 Å². The largest absolute Gasteiger partial charge is 0.459 e. The Morgan fingerprint density at radius 1 is 1.09 bits per heavy atom. The summed E-state index contributed by atoms with van der Waals surface area (Å²) in [5, 5.41) is 23.2. The van der Waals surface area contributed by atoms with E-state index < -0.39 is 52.8 Å². The smallest absolute Gasteiger partial charge is 0.336 e. The summed E-state index contributed by atoms with van der Waals surface area (Å²) < 4.78 is 17.0. The maximum atomic E-state index is 12.8. The lowest BCUT2D eigenvalue weighted by molar-refractivity contribution is -0.285. The molecule has 0 aromatic rings. The number of carbonyl (C=O) groups is 3. The Hall–Kier alpha value is -2.45. The van der Waals surface area contributed by atoms with E-state index in [0.29, 0.717) is 17.6 Å². The number of ether oxygens (including phenoxy) is 3. The fourth-order valence-corrected chi connectivity index (χ4v) is 5.40. The summed E-state index contributed by atoms with van der Waals surface area (Å²) in [6.45, 7) is 11.8. The molecule has 0 saturated heterocycles. The highest BCUT2D eigenvalue weighted by molar-refractivity contribution is 5.93. The Morgan fingerprint density at radius 3 is 2.18 bits per heavy atom. The number of rotatable bonds is 4. The minimum absolute atomic E-state index is 0.139. The van der Waals surface area contributed by atoms with Gasteiger partial charge in [-0.2, -0.15) is 0 Å². The zero-order valence-corrected chi connectivity index (χ0v) is 20.4. The van der Waals surface area contributed by atoms with Crippen LogP contribution in [0.5, 0.6) is 0 Å². The molecule has 2 N–H and O–H groups in total. The molecule has 33 heavy (non-hydrogen) atoms. The summed E-state index contributed by atoms with van der Waals surface area (Å²) in [6.07, 6.45) is 1.76. The quantitative estimate of drug-likeness (QED) is 0.372. The fraction of sp³-hybridized carbons (Fsp3) is 0.640. The molecule has 0 amide bonds. The number of fused-ring (bicyclic) bond motifs is 2. The molecule has 1 heterocycles. The molecule has 0 aromatic carbocycles. The number of esters is 3. The molecular weight excluding hydrogens is 428 g/mol. The highest BCUT2D eigenvalue weighted by atomic mass is 16.7. The molecule has 1 aliphatic heterocycles. The lowest BCUT2D eigenvalue weighted by atomic mass is 9.49. The Labute approximate surface area is 194 Å². The zero-order valence-electron chi connectivity index (χ0n) is 20.4. The van der Waals surface area contributed by atoms with Gasteiger partial charge in [-0.1, -0.05) is 26.0 Å². The van der Waals surface area contributed by atoms with Crippen molar-refractivity contribution >= 4 is 17.9 Å². The van der Waals surface area contributed by atoms with Crippen LogP contribution >= 0.6 is 0 Å². The van der Waals surface area contributed by atoms with Crippen molar-refractivity contribution in [2.45, 2.75) is 91.3 Å². The fourth-order valence-electron chi connectivity index (χ4n) is 5.40. The van der Waals surface area contributed by atoms with E-state index in [0.717, 1.165) is 0 Å². The van der Waals surface area contributed by atoms with Gasteiger partial charge in [-0.05, 0) is 47.5 Å². The van der Waals surface area contributed by atoms with Crippen LogP contribution in [-0.4, -0.2) is 51.7 Å². The first kappa shape index (κ1) is 25.2. The van der Waals surface area contributed by atoms with Crippen LogP contribution in [0.2, 0.25) is 0 Å². The second-order valence-electron chi connectivity index (χ2n) is 9.70. The number of hydrogen-bond donors (Lipinski definition) is 2. The highest BCUT2D eigenvalue weighted by Gasteiger charge is 2.72. The van der Waals surface area contributed by atoms with E-state index >= 15 is 0 Å². The van der Waals surface area contributed by atoms with Gasteiger partial charge in [0, 0.05) is 34.5 Å². The van der Waals surface area contributed by atoms with Crippen molar-refractivity contribution in [2.75, 3.05) is 0 Å². The first-order chi connectivity index (χ1) is 15.3. The van der Waals surface area contributed by atoms with E-state index in [1.165, 1.54) is 6.92 Å². The van der Waals surface area contributed by atoms with Crippen molar-refractivity contribution in [2.24, 2.45) is 11.3 Å². The van der Waals surface area contributed by atoms with E-state index in [1.807, 2.05) is 6.92 Å². The van der Waals surface area contributed by atoms with Crippen molar-refractivity contribution in [1.29, 1.82) is 0 Å². The Kier molecular flexibility index (Phi) is 6.41. The van der Waals surface area contributed by atoms with E-state index in [1.54, 1.807) is 46.8 Å². The van der Waals surface area contributed by atoms with Gasteiger partial charge in [-0.25, -0.2) is 14.4 Å². The van der Waals surface area contributed by atoms with E-state index in [-0.39, 0.29) is 24.0 Å². The van der Waals surface area contributed by atoms with E-state index in [2.05, 4.69) is 0 Å². The van der Waals surface area contributed by atoms with Gasteiger partial charge in [0.1, 0.15) is 12.2 Å². The first-order valence-corrected chi connectivity index (χ1v) is 11.3. The van der Waals surface area contributed by atoms with Gasteiger partial charge in [0.15, 0.2) is 0 Å². The molecule has 0 bridgehead atoms. The standard InChI is InChI=1S/C25H34O8/c1-8-13(3)20(26)31-17-10-11-24(29)12-25(30)18(15(5)22(28)33-25)19(23(24,7)16(17)6)32-21(27)14(4)9-2/h8-9,16-17,19,29-30H,10-12H2,1-7H3/b13-8-,14-9-/t16-,17-,19+,23-,24-,25-/m0/s1. The van der Waals surface area contributed by atoms with Crippen LogP contribution in [0.4, 0.5) is 0 Å². The molecule has 182 valence electrons. The maximum Gasteiger partial charge on any atom is 0.336 e. The molecule has 3 rings (SSSR count). The summed E-state index contributed by atoms with van der Waals surface area (Å²) >= 11 is 0. The molecular formula is C25H34O8. The molecule has 2 fully saturated rings. The summed E-state index contributed by atoms with van der Waals surface area (Å²) in [4.78, 5) is 37.8. The molecule has 0 aromatic heterocycles. The molecule has 2 aliphatic carbocycles. The molecule has 3 aliphatic rings. The predicted octanol–water partition coefficient (Wildman–Crippen LogP) is 2.88. The number of hydrogen-bond acceptors (Lipinski definition) is 8. The van der Waals surface area contributed by atoms with Crippen LogP contribution in [0.25, 0.3) is 0 Å². The number of allylic oxidation sites excluding steroid dienone is 2. The average molecular weight is 463 g/mol. The predicted molar refractivity (Wildman–Crippen MR) is 118 cm³/mol. The topological polar surface area (TPSA) is 119 Å². The summed E-state index contributed by atoms with van der Waals surface area (Å²) in [5.74, 6) is -4.36.